The highest BCUT2D eigenvalue weighted by atomic mass is 16.3. The van der Waals surface area contributed by atoms with Crippen molar-refractivity contribution in [2.24, 2.45) is 28.6 Å². The van der Waals surface area contributed by atoms with Crippen LogP contribution in [0.5, 0.6) is 0 Å². The molecule has 4 rings (SSSR count). The highest BCUT2D eigenvalue weighted by Crippen LogP contribution is 2.67. The molecule has 0 aromatic carbocycles. The molecule has 4 aliphatic rings. The summed E-state index contributed by atoms with van der Waals surface area (Å²) in [6.07, 6.45) is 12.1. The fourth-order valence-corrected chi connectivity index (χ4v) is 6.30. The first-order valence-electron chi connectivity index (χ1n) is 8.57. The Kier molecular flexibility index (Phi) is 2.83. The molecule has 4 aliphatic carbocycles. The standard InChI is InChI=1S/C19H26O2/c1-18-9-4-3-5-13(18)12(11-20)17-14-6-7-16(21)19(14,2)10-8-15(17)18/h3,5,11,14-17,21H,4,6-10H2,1-2H3/t14-,15+,16-,17+,18-,19-/m0/s1. The Morgan fingerprint density at radius 3 is 2.76 bits per heavy atom. The zero-order chi connectivity index (χ0) is 14.8. The van der Waals surface area contributed by atoms with Crippen LogP contribution < -0.4 is 0 Å². The van der Waals surface area contributed by atoms with Crippen LogP contribution in [0.4, 0.5) is 0 Å². The molecule has 0 aromatic heterocycles. The Hall–Kier alpha value is -0.890. The average molecular weight is 286 g/mol. The lowest BCUT2D eigenvalue weighted by atomic mass is 9.55. The highest BCUT2D eigenvalue weighted by Gasteiger charge is 2.61. The third-order valence-corrected chi connectivity index (χ3v) is 7.57. The molecule has 0 bridgehead atoms. The molecule has 0 radical (unpaired) electrons. The highest BCUT2D eigenvalue weighted by molar-refractivity contribution is 5.79. The maximum absolute atomic E-state index is 11.9. The minimum atomic E-state index is -0.174. The zero-order valence-corrected chi connectivity index (χ0v) is 13.1. The van der Waals surface area contributed by atoms with Gasteiger partial charge in [-0.05, 0) is 78.3 Å². The molecule has 0 heterocycles. The van der Waals surface area contributed by atoms with Crippen molar-refractivity contribution in [2.75, 3.05) is 0 Å². The van der Waals surface area contributed by atoms with Gasteiger partial charge >= 0.3 is 0 Å². The monoisotopic (exact) mass is 286 g/mol. The van der Waals surface area contributed by atoms with Gasteiger partial charge in [-0.15, -0.1) is 0 Å². The molecular weight excluding hydrogens is 260 g/mol. The summed E-state index contributed by atoms with van der Waals surface area (Å²) in [6.45, 7) is 4.65. The molecule has 1 N–H and O–H groups in total. The predicted octanol–water partition coefficient (Wildman–Crippen LogP) is 3.66. The van der Waals surface area contributed by atoms with Crippen molar-refractivity contribution in [3.05, 3.63) is 23.3 Å². The molecule has 2 heteroatoms. The molecule has 2 saturated carbocycles. The normalized spacial score (nSPS) is 51.6. The number of aliphatic hydroxyl groups is 1. The van der Waals surface area contributed by atoms with E-state index in [0.717, 1.165) is 37.5 Å². The lowest BCUT2D eigenvalue weighted by molar-refractivity contribution is -0.106. The number of carbonyl (C=O) groups excluding carboxylic acids is 1. The van der Waals surface area contributed by atoms with E-state index < -0.39 is 0 Å². The number of aldehydes is 1. The van der Waals surface area contributed by atoms with Crippen molar-refractivity contribution in [2.45, 2.75) is 58.5 Å². The van der Waals surface area contributed by atoms with E-state index in [4.69, 9.17) is 0 Å². The van der Waals surface area contributed by atoms with Gasteiger partial charge in [0, 0.05) is 0 Å². The average Bonchev–Trinajstić information content (AvgIpc) is 2.91. The molecule has 0 unspecified atom stereocenters. The van der Waals surface area contributed by atoms with Gasteiger partial charge in [0.25, 0.3) is 0 Å². The maximum atomic E-state index is 11.9. The lowest BCUT2D eigenvalue weighted by Gasteiger charge is -2.49. The van der Waals surface area contributed by atoms with Gasteiger partial charge in [-0.3, -0.25) is 4.79 Å². The molecule has 114 valence electrons. The second kappa shape index (κ2) is 4.32. The van der Waals surface area contributed by atoms with Gasteiger partial charge in [0.1, 0.15) is 6.29 Å². The summed E-state index contributed by atoms with van der Waals surface area (Å²) < 4.78 is 0. The summed E-state index contributed by atoms with van der Waals surface area (Å²) in [4.78, 5) is 11.9. The second-order valence-corrected chi connectivity index (χ2v) is 8.22. The molecule has 0 saturated heterocycles. The van der Waals surface area contributed by atoms with Crippen LogP contribution in [-0.2, 0) is 4.79 Å². The van der Waals surface area contributed by atoms with Gasteiger partial charge in [0.15, 0.2) is 0 Å². The van der Waals surface area contributed by atoms with Crippen LogP contribution in [0.3, 0.4) is 0 Å². The summed E-state index contributed by atoms with van der Waals surface area (Å²) in [5, 5.41) is 10.5. The van der Waals surface area contributed by atoms with Crippen molar-refractivity contribution in [3.63, 3.8) is 0 Å². The number of hydrogen-bond donors (Lipinski definition) is 1. The van der Waals surface area contributed by atoms with Crippen molar-refractivity contribution in [1.29, 1.82) is 0 Å². The summed E-state index contributed by atoms with van der Waals surface area (Å²) in [5.41, 5.74) is 2.63. The quantitative estimate of drug-likeness (QED) is 0.747. The lowest BCUT2D eigenvalue weighted by Crippen LogP contribution is -2.45. The largest absolute Gasteiger partial charge is 0.393 e. The van der Waals surface area contributed by atoms with Crippen molar-refractivity contribution >= 4 is 6.29 Å². The number of hydrogen-bond acceptors (Lipinski definition) is 2. The van der Waals surface area contributed by atoms with Crippen LogP contribution in [0.15, 0.2) is 23.3 Å². The Labute approximate surface area is 127 Å². The van der Waals surface area contributed by atoms with Crippen LogP contribution in [0.2, 0.25) is 0 Å². The maximum Gasteiger partial charge on any atom is 0.146 e. The summed E-state index contributed by atoms with van der Waals surface area (Å²) in [5.74, 6) is 1.50. The molecule has 0 aromatic rings. The number of allylic oxidation sites excluding steroid dienone is 4. The van der Waals surface area contributed by atoms with Gasteiger partial charge in [-0.25, -0.2) is 0 Å². The predicted molar refractivity (Wildman–Crippen MR) is 82.6 cm³/mol. The molecule has 0 aliphatic heterocycles. The van der Waals surface area contributed by atoms with E-state index >= 15 is 0 Å². The van der Waals surface area contributed by atoms with Crippen LogP contribution in [0.25, 0.3) is 0 Å². The molecule has 2 fully saturated rings. The Balaban J connectivity index is 1.84. The van der Waals surface area contributed by atoms with Crippen LogP contribution >= 0.6 is 0 Å². The van der Waals surface area contributed by atoms with E-state index in [1.165, 1.54) is 18.4 Å². The van der Waals surface area contributed by atoms with Crippen LogP contribution in [-0.4, -0.2) is 17.5 Å². The van der Waals surface area contributed by atoms with Gasteiger partial charge in [-0.2, -0.15) is 0 Å². The van der Waals surface area contributed by atoms with Crippen LogP contribution in [0.1, 0.15) is 52.4 Å². The first-order chi connectivity index (χ1) is 10.0. The van der Waals surface area contributed by atoms with E-state index in [9.17, 15) is 9.90 Å². The summed E-state index contributed by atoms with van der Waals surface area (Å²) >= 11 is 0. The van der Waals surface area contributed by atoms with Gasteiger partial charge in [0.05, 0.1) is 6.10 Å². The van der Waals surface area contributed by atoms with Gasteiger partial charge < -0.3 is 5.11 Å². The SMILES string of the molecule is C[C@]12CC[C@@H]3[C@H](C(C=O)=C4C=CCC[C@@]43C)[C@@H]1CC[C@@H]2O. The van der Waals surface area contributed by atoms with Crippen molar-refractivity contribution < 1.29 is 9.90 Å². The van der Waals surface area contributed by atoms with E-state index in [2.05, 4.69) is 26.0 Å². The molecule has 21 heavy (non-hydrogen) atoms. The number of fused-ring (bicyclic) bond motifs is 5. The van der Waals surface area contributed by atoms with Crippen molar-refractivity contribution in [1.82, 2.24) is 0 Å². The van der Waals surface area contributed by atoms with Gasteiger partial charge in [-0.1, -0.05) is 26.0 Å². The number of carbonyl (C=O) groups is 1. The third-order valence-electron chi connectivity index (χ3n) is 7.57. The van der Waals surface area contributed by atoms with E-state index in [1.807, 2.05) is 0 Å². The summed E-state index contributed by atoms with van der Waals surface area (Å²) in [6, 6.07) is 0. The molecule has 0 spiro atoms. The Morgan fingerprint density at radius 2 is 2.00 bits per heavy atom. The molecule has 0 amide bonds. The number of rotatable bonds is 1. The molecular formula is C19H26O2. The number of aliphatic hydroxyl groups excluding tert-OH is 1. The van der Waals surface area contributed by atoms with Gasteiger partial charge in [0.2, 0.25) is 0 Å². The van der Waals surface area contributed by atoms with E-state index in [1.54, 1.807) is 0 Å². The Morgan fingerprint density at radius 1 is 1.19 bits per heavy atom. The first kappa shape index (κ1) is 13.8. The topological polar surface area (TPSA) is 37.3 Å². The van der Waals surface area contributed by atoms with E-state index in [-0.39, 0.29) is 16.9 Å². The van der Waals surface area contributed by atoms with Crippen LogP contribution in [0, 0.1) is 28.6 Å². The first-order valence-corrected chi connectivity index (χ1v) is 8.57. The fourth-order valence-electron chi connectivity index (χ4n) is 6.30. The second-order valence-electron chi connectivity index (χ2n) is 8.22. The third kappa shape index (κ3) is 1.55. The van der Waals surface area contributed by atoms with Crippen molar-refractivity contribution in [3.8, 4) is 0 Å². The molecule has 6 atom stereocenters. The minimum Gasteiger partial charge on any atom is -0.393 e. The summed E-state index contributed by atoms with van der Waals surface area (Å²) in [7, 11) is 0. The molecule has 2 nitrogen and oxygen atoms in total. The minimum absolute atomic E-state index is 0.0313. The Bertz CT molecular complexity index is 546. The smallest absolute Gasteiger partial charge is 0.146 e. The fraction of sp³-hybridized carbons (Fsp3) is 0.737. The zero-order valence-electron chi connectivity index (χ0n) is 13.1. The van der Waals surface area contributed by atoms with E-state index in [0.29, 0.717) is 17.8 Å².